The molecule has 0 fully saturated rings. The van der Waals surface area contributed by atoms with Crippen LogP contribution in [0, 0.1) is 6.92 Å². The van der Waals surface area contributed by atoms with Crippen LogP contribution in [-0.2, 0) is 19.4 Å². The highest BCUT2D eigenvalue weighted by Crippen LogP contribution is 2.19. The molecule has 1 N–H and O–H groups in total. The molecule has 3 nitrogen and oxygen atoms in total. The fourth-order valence-electron chi connectivity index (χ4n) is 2.22. The maximum absolute atomic E-state index is 5.92. The smallest absolute Gasteiger partial charge is 0.141 e. The maximum Gasteiger partial charge on any atom is 0.141 e. The van der Waals surface area contributed by atoms with Gasteiger partial charge in [-0.25, -0.2) is 0 Å². The fourth-order valence-corrected chi connectivity index (χ4v) is 2.22. The molecule has 1 aromatic heterocycles. The van der Waals surface area contributed by atoms with Crippen LogP contribution < -0.4 is 10.1 Å². The Morgan fingerprint density at radius 1 is 1.05 bits per heavy atom. The van der Waals surface area contributed by atoms with Gasteiger partial charge in [-0.15, -0.1) is 0 Å². The standard InChI is InChI=1S/C18H24N2O/c1-4-17-18(10-5-14(2)20-17)21-13-16-8-6-15(7-9-16)11-12-19-3/h5-10,19H,4,11-13H2,1-3H3. The molecule has 0 atom stereocenters. The Bertz CT molecular complexity index is 564. The van der Waals surface area contributed by atoms with Crippen molar-refractivity contribution >= 4 is 0 Å². The van der Waals surface area contributed by atoms with Gasteiger partial charge in [0.2, 0.25) is 0 Å². The van der Waals surface area contributed by atoms with E-state index in [9.17, 15) is 0 Å². The van der Waals surface area contributed by atoms with Crippen molar-refractivity contribution in [3.8, 4) is 5.75 Å². The zero-order valence-corrected chi connectivity index (χ0v) is 13.1. The predicted molar refractivity (Wildman–Crippen MR) is 86.8 cm³/mol. The zero-order chi connectivity index (χ0) is 15.1. The SMILES string of the molecule is CCc1nc(C)ccc1OCc1ccc(CCNC)cc1. The van der Waals surface area contributed by atoms with Gasteiger partial charge >= 0.3 is 0 Å². The summed E-state index contributed by atoms with van der Waals surface area (Å²) < 4.78 is 5.92. The molecule has 0 aliphatic rings. The van der Waals surface area contributed by atoms with Gasteiger partial charge in [-0.3, -0.25) is 4.98 Å². The van der Waals surface area contributed by atoms with E-state index in [0.717, 1.165) is 36.5 Å². The number of likely N-dealkylation sites (N-methyl/N-ethyl adjacent to an activating group) is 1. The minimum atomic E-state index is 0.587. The lowest BCUT2D eigenvalue weighted by Crippen LogP contribution is -2.10. The largest absolute Gasteiger partial charge is 0.487 e. The lowest BCUT2D eigenvalue weighted by atomic mass is 10.1. The Labute approximate surface area is 127 Å². The number of pyridine rings is 1. The first-order valence-electron chi connectivity index (χ1n) is 7.54. The maximum atomic E-state index is 5.92. The first kappa shape index (κ1) is 15.5. The molecule has 0 amide bonds. The van der Waals surface area contributed by atoms with Crippen molar-refractivity contribution in [3.05, 3.63) is 58.9 Å². The highest BCUT2D eigenvalue weighted by atomic mass is 16.5. The summed E-state index contributed by atoms with van der Waals surface area (Å²) in [5, 5.41) is 3.16. The van der Waals surface area contributed by atoms with E-state index in [-0.39, 0.29) is 0 Å². The summed E-state index contributed by atoms with van der Waals surface area (Å²) in [7, 11) is 1.98. The minimum absolute atomic E-state index is 0.587. The van der Waals surface area contributed by atoms with E-state index < -0.39 is 0 Å². The van der Waals surface area contributed by atoms with Gasteiger partial charge < -0.3 is 10.1 Å². The highest BCUT2D eigenvalue weighted by Gasteiger charge is 2.04. The molecule has 3 heteroatoms. The van der Waals surface area contributed by atoms with Crippen LogP contribution in [0.5, 0.6) is 5.75 Å². The molecular formula is C18H24N2O. The number of aryl methyl sites for hydroxylation is 2. The first-order valence-corrected chi connectivity index (χ1v) is 7.54. The van der Waals surface area contributed by atoms with Gasteiger partial charge in [-0.1, -0.05) is 31.2 Å². The van der Waals surface area contributed by atoms with Gasteiger partial charge in [0.05, 0.1) is 5.69 Å². The van der Waals surface area contributed by atoms with Crippen LogP contribution in [0.15, 0.2) is 36.4 Å². The van der Waals surface area contributed by atoms with Gasteiger partial charge in [0, 0.05) is 5.69 Å². The zero-order valence-electron chi connectivity index (χ0n) is 13.1. The topological polar surface area (TPSA) is 34.1 Å². The quantitative estimate of drug-likeness (QED) is 0.847. The Morgan fingerprint density at radius 2 is 1.76 bits per heavy atom. The van der Waals surface area contributed by atoms with Crippen molar-refractivity contribution < 1.29 is 4.74 Å². The predicted octanol–water partition coefficient (Wildman–Crippen LogP) is 3.29. The molecule has 0 saturated carbocycles. The third kappa shape index (κ3) is 4.57. The monoisotopic (exact) mass is 284 g/mol. The third-order valence-corrected chi connectivity index (χ3v) is 3.49. The van der Waals surface area contributed by atoms with E-state index in [1.807, 2.05) is 26.1 Å². The summed E-state index contributed by atoms with van der Waals surface area (Å²) in [5.74, 6) is 0.891. The molecule has 2 rings (SSSR count). The number of rotatable bonds is 7. The molecule has 0 aliphatic heterocycles. The average molecular weight is 284 g/mol. The summed E-state index contributed by atoms with van der Waals surface area (Å²) in [6, 6.07) is 12.6. The number of hydrogen-bond donors (Lipinski definition) is 1. The van der Waals surface area contributed by atoms with Crippen molar-refractivity contribution in [2.45, 2.75) is 33.3 Å². The van der Waals surface area contributed by atoms with Crippen molar-refractivity contribution in [1.29, 1.82) is 0 Å². The molecule has 0 radical (unpaired) electrons. The van der Waals surface area contributed by atoms with Crippen LogP contribution >= 0.6 is 0 Å². The van der Waals surface area contributed by atoms with Crippen molar-refractivity contribution in [1.82, 2.24) is 10.3 Å². The van der Waals surface area contributed by atoms with E-state index >= 15 is 0 Å². The lowest BCUT2D eigenvalue weighted by molar-refractivity contribution is 0.301. The first-order chi connectivity index (χ1) is 10.2. The second kappa shape index (κ2) is 7.79. The van der Waals surface area contributed by atoms with E-state index in [1.165, 1.54) is 11.1 Å². The Balaban J connectivity index is 1.96. The summed E-state index contributed by atoms with van der Waals surface area (Å²) >= 11 is 0. The van der Waals surface area contributed by atoms with Crippen molar-refractivity contribution in [2.75, 3.05) is 13.6 Å². The van der Waals surface area contributed by atoms with Gasteiger partial charge in [0.1, 0.15) is 12.4 Å². The molecule has 1 heterocycles. The number of aromatic nitrogens is 1. The molecule has 2 aromatic rings. The van der Waals surface area contributed by atoms with Crippen molar-refractivity contribution in [3.63, 3.8) is 0 Å². The van der Waals surface area contributed by atoms with Crippen molar-refractivity contribution in [2.24, 2.45) is 0 Å². The Hall–Kier alpha value is -1.87. The highest BCUT2D eigenvalue weighted by molar-refractivity contribution is 5.30. The summed E-state index contributed by atoms with van der Waals surface area (Å²) in [6.45, 7) is 5.70. The molecule has 0 unspecified atom stereocenters. The van der Waals surface area contributed by atoms with E-state index in [4.69, 9.17) is 4.74 Å². The van der Waals surface area contributed by atoms with E-state index in [2.05, 4.69) is 41.5 Å². The number of nitrogens with zero attached hydrogens (tertiary/aromatic N) is 1. The number of benzene rings is 1. The van der Waals surface area contributed by atoms with Gasteiger partial charge in [-0.2, -0.15) is 0 Å². The second-order valence-corrected chi connectivity index (χ2v) is 5.21. The van der Waals surface area contributed by atoms with Crippen LogP contribution in [0.25, 0.3) is 0 Å². The van der Waals surface area contributed by atoms with Crippen LogP contribution in [0.3, 0.4) is 0 Å². The number of ether oxygens (including phenoxy) is 1. The third-order valence-electron chi connectivity index (χ3n) is 3.49. The lowest BCUT2D eigenvalue weighted by Gasteiger charge is -2.11. The fraction of sp³-hybridized carbons (Fsp3) is 0.389. The van der Waals surface area contributed by atoms with Crippen LogP contribution in [0.2, 0.25) is 0 Å². The minimum Gasteiger partial charge on any atom is -0.487 e. The summed E-state index contributed by atoms with van der Waals surface area (Å²) in [4.78, 5) is 4.52. The number of hydrogen-bond acceptors (Lipinski definition) is 3. The van der Waals surface area contributed by atoms with Crippen LogP contribution in [-0.4, -0.2) is 18.6 Å². The molecule has 1 aromatic carbocycles. The Morgan fingerprint density at radius 3 is 2.43 bits per heavy atom. The molecular weight excluding hydrogens is 260 g/mol. The molecule has 0 spiro atoms. The van der Waals surface area contributed by atoms with E-state index in [0.29, 0.717) is 6.61 Å². The van der Waals surface area contributed by atoms with Gasteiger partial charge in [-0.05, 0) is 56.6 Å². The van der Waals surface area contributed by atoms with E-state index in [1.54, 1.807) is 0 Å². The normalized spacial score (nSPS) is 10.6. The van der Waals surface area contributed by atoms with Crippen LogP contribution in [0.4, 0.5) is 0 Å². The molecule has 21 heavy (non-hydrogen) atoms. The molecule has 0 aliphatic carbocycles. The van der Waals surface area contributed by atoms with Gasteiger partial charge in [0.15, 0.2) is 0 Å². The molecule has 0 saturated heterocycles. The summed E-state index contributed by atoms with van der Waals surface area (Å²) in [6.07, 6.45) is 1.94. The average Bonchev–Trinajstić information content (AvgIpc) is 2.52. The molecule has 0 bridgehead atoms. The van der Waals surface area contributed by atoms with Gasteiger partial charge in [0.25, 0.3) is 0 Å². The Kier molecular flexibility index (Phi) is 5.76. The molecule has 112 valence electrons. The number of nitrogens with one attached hydrogen (secondary N) is 1. The summed E-state index contributed by atoms with van der Waals surface area (Å²) in [5.41, 5.74) is 4.60. The second-order valence-electron chi connectivity index (χ2n) is 5.21. The van der Waals surface area contributed by atoms with Crippen LogP contribution in [0.1, 0.15) is 29.4 Å².